The number of hydrogen-bond donors (Lipinski definition) is 0. The third-order valence-corrected chi connectivity index (χ3v) is 4.29. The van der Waals surface area contributed by atoms with Crippen LogP contribution in [0.5, 0.6) is 0 Å². The summed E-state index contributed by atoms with van der Waals surface area (Å²) >= 11 is 0. The minimum absolute atomic E-state index is 0.0774. The Kier molecular flexibility index (Phi) is 3.76. The van der Waals surface area contributed by atoms with Gasteiger partial charge in [-0.2, -0.15) is 14.6 Å². The molecule has 0 fully saturated rings. The minimum atomic E-state index is -0.522. The zero-order valence-electron chi connectivity index (χ0n) is 14.2. The second-order valence-corrected chi connectivity index (χ2v) is 6.02. The van der Waals surface area contributed by atoms with Gasteiger partial charge in [0.05, 0.1) is 22.5 Å². The molecule has 0 aliphatic rings. The van der Waals surface area contributed by atoms with Gasteiger partial charge in [0.2, 0.25) is 5.78 Å². The standard InChI is InChI=1S/C18H13N5O4/c1-11-17(25)19-18-21(14-4-2-3-5-15(14)22(18)20-11)10-16(24)12-6-8-13(9-7-12)23(26)27/h2-9H,10H2,1H3. The van der Waals surface area contributed by atoms with E-state index in [1.165, 1.54) is 28.8 Å². The third-order valence-electron chi connectivity index (χ3n) is 4.29. The van der Waals surface area contributed by atoms with Crippen molar-refractivity contribution in [2.24, 2.45) is 0 Å². The van der Waals surface area contributed by atoms with E-state index in [0.29, 0.717) is 11.1 Å². The van der Waals surface area contributed by atoms with Crippen LogP contribution in [0.25, 0.3) is 16.8 Å². The maximum absolute atomic E-state index is 12.7. The maximum atomic E-state index is 12.7. The molecule has 0 spiro atoms. The number of benzene rings is 2. The van der Waals surface area contributed by atoms with E-state index < -0.39 is 10.5 Å². The van der Waals surface area contributed by atoms with E-state index in [4.69, 9.17) is 0 Å². The average molecular weight is 363 g/mol. The molecule has 134 valence electrons. The Morgan fingerprint density at radius 3 is 2.44 bits per heavy atom. The zero-order valence-corrected chi connectivity index (χ0v) is 14.2. The predicted molar refractivity (Wildman–Crippen MR) is 96.9 cm³/mol. The summed E-state index contributed by atoms with van der Waals surface area (Å²) in [6.45, 7) is 1.50. The fraction of sp³-hybridized carbons (Fsp3) is 0.111. The molecule has 0 saturated carbocycles. The summed E-state index contributed by atoms with van der Waals surface area (Å²) < 4.78 is 3.15. The third kappa shape index (κ3) is 2.74. The van der Waals surface area contributed by atoms with Crippen molar-refractivity contribution >= 4 is 28.3 Å². The van der Waals surface area contributed by atoms with Gasteiger partial charge in [-0.05, 0) is 31.2 Å². The van der Waals surface area contributed by atoms with E-state index >= 15 is 0 Å². The van der Waals surface area contributed by atoms with Crippen molar-refractivity contribution in [2.45, 2.75) is 13.5 Å². The lowest BCUT2D eigenvalue weighted by molar-refractivity contribution is -0.384. The molecule has 0 aliphatic heterocycles. The van der Waals surface area contributed by atoms with Gasteiger partial charge in [-0.25, -0.2) is 0 Å². The molecule has 0 amide bonds. The molecule has 0 saturated heterocycles. The average Bonchev–Trinajstić information content (AvgIpc) is 2.95. The number of aromatic nitrogens is 4. The Balaban J connectivity index is 1.83. The lowest BCUT2D eigenvalue weighted by Gasteiger charge is -2.05. The molecular weight excluding hydrogens is 350 g/mol. The number of nitro groups is 1. The molecule has 9 nitrogen and oxygen atoms in total. The van der Waals surface area contributed by atoms with E-state index in [-0.39, 0.29) is 29.5 Å². The van der Waals surface area contributed by atoms with E-state index in [0.717, 1.165) is 5.52 Å². The van der Waals surface area contributed by atoms with Crippen LogP contribution < -0.4 is 5.56 Å². The number of non-ortho nitro benzene ring substituents is 1. The van der Waals surface area contributed by atoms with Crippen LogP contribution in [-0.2, 0) is 6.54 Å². The second-order valence-electron chi connectivity index (χ2n) is 6.02. The molecule has 9 heteroatoms. The molecule has 4 aromatic rings. The van der Waals surface area contributed by atoms with Gasteiger partial charge >= 0.3 is 0 Å². The van der Waals surface area contributed by atoms with E-state index in [2.05, 4.69) is 10.1 Å². The number of imidazole rings is 1. The molecule has 0 bridgehead atoms. The van der Waals surface area contributed by atoms with Crippen molar-refractivity contribution in [1.82, 2.24) is 19.2 Å². The summed E-state index contributed by atoms with van der Waals surface area (Å²) in [7, 11) is 0. The molecule has 0 aliphatic carbocycles. The van der Waals surface area contributed by atoms with Gasteiger partial charge in [0.1, 0.15) is 5.69 Å². The summed E-state index contributed by atoms with van der Waals surface area (Å²) in [5.74, 6) is 0.00466. The van der Waals surface area contributed by atoms with Crippen LogP contribution in [0, 0.1) is 17.0 Å². The Labute approximate surface area is 151 Å². The highest BCUT2D eigenvalue weighted by atomic mass is 16.6. The second kappa shape index (κ2) is 6.13. The molecule has 0 atom stereocenters. The monoisotopic (exact) mass is 363 g/mol. The molecule has 2 heterocycles. The van der Waals surface area contributed by atoms with Crippen LogP contribution in [0.1, 0.15) is 16.1 Å². The van der Waals surface area contributed by atoms with Crippen LogP contribution >= 0.6 is 0 Å². The Bertz CT molecular complexity index is 1270. The van der Waals surface area contributed by atoms with Gasteiger partial charge in [0, 0.05) is 17.7 Å². The number of nitro benzene ring substituents is 1. The lowest BCUT2D eigenvalue weighted by atomic mass is 10.1. The molecule has 4 rings (SSSR count). The van der Waals surface area contributed by atoms with Crippen LogP contribution in [0.15, 0.2) is 53.3 Å². The van der Waals surface area contributed by atoms with E-state index in [9.17, 15) is 19.7 Å². The molecule has 0 unspecified atom stereocenters. The first kappa shape index (κ1) is 16.6. The van der Waals surface area contributed by atoms with Gasteiger partial charge in [-0.1, -0.05) is 12.1 Å². The van der Waals surface area contributed by atoms with Gasteiger partial charge < -0.3 is 4.57 Å². The Morgan fingerprint density at radius 1 is 1.11 bits per heavy atom. The molecule has 27 heavy (non-hydrogen) atoms. The Hall–Kier alpha value is -3.88. The normalized spacial score (nSPS) is 11.1. The molecule has 2 aromatic heterocycles. The van der Waals surface area contributed by atoms with Gasteiger partial charge in [-0.3, -0.25) is 19.7 Å². The van der Waals surface area contributed by atoms with Crippen LogP contribution in [0.4, 0.5) is 5.69 Å². The summed E-state index contributed by atoms with van der Waals surface area (Å²) in [6, 6.07) is 12.7. The number of nitrogens with zero attached hydrogens (tertiary/aromatic N) is 5. The van der Waals surface area contributed by atoms with Crippen LogP contribution in [0.2, 0.25) is 0 Å². The van der Waals surface area contributed by atoms with E-state index in [1.54, 1.807) is 11.5 Å². The Morgan fingerprint density at radius 2 is 1.78 bits per heavy atom. The first-order valence-electron chi connectivity index (χ1n) is 8.08. The van der Waals surface area contributed by atoms with Gasteiger partial charge in [0.15, 0.2) is 5.78 Å². The van der Waals surface area contributed by atoms with Crippen molar-refractivity contribution in [1.29, 1.82) is 0 Å². The number of carbonyl (C=O) groups is 1. The van der Waals surface area contributed by atoms with Gasteiger partial charge in [0.25, 0.3) is 11.2 Å². The fourth-order valence-electron chi connectivity index (χ4n) is 2.93. The smallest absolute Gasteiger partial charge is 0.296 e. The maximum Gasteiger partial charge on any atom is 0.296 e. The van der Waals surface area contributed by atoms with E-state index in [1.807, 2.05) is 24.3 Å². The number of rotatable bonds is 4. The number of carbonyl (C=O) groups excluding carboxylic acids is 1. The van der Waals surface area contributed by atoms with Crippen molar-refractivity contribution in [3.8, 4) is 0 Å². The topological polar surface area (TPSA) is 112 Å². The fourth-order valence-corrected chi connectivity index (χ4v) is 2.93. The highest BCUT2D eigenvalue weighted by Gasteiger charge is 2.17. The van der Waals surface area contributed by atoms with Crippen LogP contribution in [-0.4, -0.2) is 29.9 Å². The predicted octanol–water partition coefficient (Wildman–Crippen LogP) is 2.14. The number of aryl methyl sites for hydroxylation is 1. The largest absolute Gasteiger partial charge is 0.300 e. The highest BCUT2D eigenvalue weighted by molar-refractivity contribution is 5.97. The number of para-hydroxylation sites is 2. The van der Waals surface area contributed by atoms with Crippen molar-refractivity contribution in [2.75, 3.05) is 0 Å². The zero-order chi connectivity index (χ0) is 19.1. The quantitative estimate of drug-likeness (QED) is 0.312. The highest BCUT2D eigenvalue weighted by Crippen LogP contribution is 2.19. The first-order chi connectivity index (χ1) is 13.0. The van der Waals surface area contributed by atoms with Crippen molar-refractivity contribution in [3.05, 3.63) is 80.3 Å². The van der Waals surface area contributed by atoms with Crippen molar-refractivity contribution < 1.29 is 9.72 Å². The first-order valence-corrected chi connectivity index (χ1v) is 8.08. The molecule has 0 radical (unpaired) electrons. The summed E-state index contributed by atoms with van der Waals surface area (Å²) in [5, 5.41) is 15.0. The molecular formula is C18H13N5O4. The number of Topliss-reactive ketones (excluding diaryl/α,β-unsaturated/α-hetero) is 1. The number of fused-ring (bicyclic) bond motifs is 3. The summed E-state index contributed by atoms with van der Waals surface area (Å²) in [6.07, 6.45) is 0. The van der Waals surface area contributed by atoms with Crippen LogP contribution in [0.3, 0.4) is 0 Å². The summed E-state index contributed by atoms with van der Waals surface area (Å²) in [4.78, 5) is 39.0. The van der Waals surface area contributed by atoms with Crippen molar-refractivity contribution in [3.63, 3.8) is 0 Å². The molecule has 0 N–H and O–H groups in total. The molecule has 2 aromatic carbocycles. The number of ketones is 1. The summed E-state index contributed by atoms with van der Waals surface area (Å²) in [5.41, 5.74) is 1.48. The number of hydrogen-bond acceptors (Lipinski definition) is 6. The lowest BCUT2D eigenvalue weighted by Crippen LogP contribution is -2.18. The SMILES string of the molecule is Cc1nn2c3ccccc3n(CC(=O)c3ccc([N+](=O)[O-])cc3)c2nc1=O. The van der Waals surface area contributed by atoms with Gasteiger partial charge in [-0.15, -0.1) is 0 Å². The minimum Gasteiger partial charge on any atom is -0.300 e.